The second kappa shape index (κ2) is 8.71. The zero-order valence-electron chi connectivity index (χ0n) is 19.0. The average molecular weight is 436 g/mol. The molecule has 1 aromatic carbocycles. The fourth-order valence-electron chi connectivity index (χ4n) is 4.73. The topological polar surface area (TPSA) is 85.5 Å². The van der Waals surface area contributed by atoms with Gasteiger partial charge in [-0.2, -0.15) is 5.26 Å². The van der Waals surface area contributed by atoms with Crippen molar-refractivity contribution in [3.8, 4) is 17.6 Å². The summed E-state index contributed by atoms with van der Waals surface area (Å²) in [6.45, 7) is 6.64. The Kier molecular flexibility index (Phi) is 5.98. The maximum Gasteiger partial charge on any atom is 0.266 e. The molecule has 0 bridgehead atoms. The SMILES string of the molecule is COCC(C)n1c(C)cc(/C=C(/C#N)C(=O)Nc2ccc3c(c2)OC2(CCCC2)O3)c1C. The Morgan fingerprint density at radius 2 is 2.00 bits per heavy atom. The van der Waals surface area contributed by atoms with Crippen LogP contribution in [0.2, 0.25) is 0 Å². The van der Waals surface area contributed by atoms with Gasteiger partial charge in [0.2, 0.25) is 0 Å². The maximum absolute atomic E-state index is 12.8. The van der Waals surface area contributed by atoms with Gasteiger partial charge >= 0.3 is 0 Å². The predicted molar refractivity (Wildman–Crippen MR) is 122 cm³/mol. The van der Waals surface area contributed by atoms with Crippen LogP contribution in [0.15, 0.2) is 29.8 Å². The van der Waals surface area contributed by atoms with Gasteiger partial charge in [0.05, 0.1) is 12.6 Å². The molecule has 1 aliphatic carbocycles. The number of benzene rings is 1. The van der Waals surface area contributed by atoms with Crippen LogP contribution in [0.1, 0.15) is 55.6 Å². The van der Waals surface area contributed by atoms with E-state index in [0.29, 0.717) is 23.8 Å². The number of aryl methyl sites for hydroxylation is 1. The number of rotatable bonds is 6. The van der Waals surface area contributed by atoms with Gasteiger partial charge in [0.25, 0.3) is 11.7 Å². The van der Waals surface area contributed by atoms with E-state index in [1.807, 2.05) is 26.0 Å². The van der Waals surface area contributed by atoms with E-state index in [-0.39, 0.29) is 11.6 Å². The van der Waals surface area contributed by atoms with Crippen LogP contribution in [-0.4, -0.2) is 30.0 Å². The molecule has 1 aromatic heterocycles. The van der Waals surface area contributed by atoms with Crippen molar-refractivity contribution < 1.29 is 19.0 Å². The van der Waals surface area contributed by atoms with Gasteiger partial charge in [-0.15, -0.1) is 0 Å². The number of hydrogen-bond donors (Lipinski definition) is 1. The molecule has 7 heteroatoms. The van der Waals surface area contributed by atoms with E-state index in [9.17, 15) is 10.1 Å². The highest BCUT2D eigenvalue weighted by Crippen LogP contribution is 2.47. The monoisotopic (exact) mass is 435 g/mol. The lowest BCUT2D eigenvalue weighted by atomic mass is 10.1. The summed E-state index contributed by atoms with van der Waals surface area (Å²) in [6, 6.07) is 9.49. The first kappa shape index (κ1) is 22.0. The van der Waals surface area contributed by atoms with Crippen LogP contribution in [0, 0.1) is 25.2 Å². The molecule has 4 rings (SSSR count). The third kappa shape index (κ3) is 4.11. The van der Waals surface area contributed by atoms with Gasteiger partial charge in [-0.3, -0.25) is 4.79 Å². The smallest absolute Gasteiger partial charge is 0.266 e. The van der Waals surface area contributed by atoms with Crippen LogP contribution in [0.25, 0.3) is 6.08 Å². The molecule has 2 heterocycles. The first-order chi connectivity index (χ1) is 15.4. The molecule has 1 saturated carbocycles. The fourth-order valence-corrected chi connectivity index (χ4v) is 4.73. The molecular formula is C25H29N3O4. The number of nitriles is 1. The molecule has 0 saturated heterocycles. The molecule has 168 valence electrons. The summed E-state index contributed by atoms with van der Waals surface area (Å²) in [7, 11) is 1.67. The van der Waals surface area contributed by atoms with Crippen molar-refractivity contribution in [3.63, 3.8) is 0 Å². The van der Waals surface area contributed by atoms with Crippen molar-refractivity contribution in [2.24, 2.45) is 0 Å². The van der Waals surface area contributed by atoms with E-state index in [4.69, 9.17) is 14.2 Å². The molecule has 2 aromatic rings. The van der Waals surface area contributed by atoms with Crippen molar-refractivity contribution in [3.05, 3.63) is 46.8 Å². The minimum Gasteiger partial charge on any atom is -0.448 e. The average Bonchev–Trinajstić information content (AvgIpc) is 3.43. The first-order valence-corrected chi connectivity index (χ1v) is 11.0. The number of nitrogens with one attached hydrogen (secondary N) is 1. The van der Waals surface area contributed by atoms with Gasteiger partial charge < -0.3 is 24.1 Å². The number of ether oxygens (including phenoxy) is 3. The van der Waals surface area contributed by atoms with Crippen LogP contribution in [0.3, 0.4) is 0 Å². The summed E-state index contributed by atoms with van der Waals surface area (Å²) in [6.07, 6.45) is 5.53. The number of carbonyl (C=O) groups excluding carboxylic acids is 1. The van der Waals surface area contributed by atoms with Crippen molar-refractivity contribution in [2.75, 3.05) is 19.0 Å². The Morgan fingerprint density at radius 1 is 1.28 bits per heavy atom. The van der Waals surface area contributed by atoms with E-state index >= 15 is 0 Å². The second-order valence-corrected chi connectivity index (χ2v) is 8.61. The third-order valence-electron chi connectivity index (χ3n) is 6.20. The van der Waals surface area contributed by atoms with Gasteiger partial charge in [-0.25, -0.2) is 0 Å². The number of hydrogen-bond acceptors (Lipinski definition) is 5. The Morgan fingerprint density at radius 3 is 2.69 bits per heavy atom. The lowest BCUT2D eigenvalue weighted by molar-refractivity contribution is -0.112. The van der Waals surface area contributed by atoms with Gasteiger partial charge in [-0.1, -0.05) is 0 Å². The summed E-state index contributed by atoms with van der Waals surface area (Å²) in [5, 5.41) is 12.5. The van der Waals surface area contributed by atoms with E-state index < -0.39 is 11.7 Å². The summed E-state index contributed by atoms with van der Waals surface area (Å²) >= 11 is 0. The molecule has 1 fully saturated rings. The first-order valence-electron chi connectivity index (χ1n) is 11.0. The summed E-state index contributed by atoms with van der Waals surface area (Å²) in [5.74, 6) is 0.309. The van der Waals surface area contributed by atoms with E-state index in [2.05, 4.69) is 16.8 Å². The standard InChI is InChI=1S/C25H29N3O4/c1-16-11-19(18(3)28(16)17(2)15-30-4)12-20(14-26)24(29)27-21-7-8-22-23(13-21)32-25(31-22)9-5-6-10-25/h7-8,11-13,17H,5-6,9-10,15H2,1-4H3,(H,27,29)/b20-12-. The lowest BCUT2D eigenvalue weighted by Crippen LogP contribution is -2.34. The van der Waals surface area contributed by atoms with Gasteiger partial charge in [0.15, 0.2) is 11.5 Å². The zero-order valence-corrected chi connectivity index (χ0v) is 19.0. The molecule has 1 N–H and O–H groups in total. The molecular weight excluding hydrogens is 406 g/mol. The molecule has 1 unspecified atom stereocenters. The van der Waals surface area contributed by atoms with Crippen LogP contribution in [0.4, 0.5) is 5.69 Å². The molecule has 1 aliphatic heterocycles. The largest absolute Gasteiger partial charge is 0.448 e. The quantitative estimate of drug-likeness (QED) is 0.515. The van der Waals surface area contributed by atoms with E-state index in [0.717, 1.165) is 42.6 Å². The highest BCUT2D eigenvalue weighted by atomic mass is 16.7. The Hall–Kier alpha value is -3.24. The second-order valence-electron chi connectivity index (χ2n) is 8.61. The van der Waals surface area contributed by atoms with Gasteiger partial charge in [0, 0.05) is 43.1 Å². The normalized spacial score (nSPS) is 17.4. The van der Waals surface area contributed by atoms with Gasteiger partial charge in [0.1, 0.15) is 11.6 Å². The summed E-state index contributed by atoms with van der Waals surface area (Å²) in [4.78, 5) is 12.8. The maximum atomic E-state index is 12.8. The van der Waals surface area contributed by atoms with Crippen molar-refractivity contribution >= 4 is 17.7 Å². The molecule has 0 radical (unpaired) electrons. The molecule has 32 heavy (non-hydrogen) atoms. The van der Waals surface area contributed by atoms with Crippen LogP contribution in [0.5, 0.6) is 11.5 Å². The van der Waals surface area contributed by atoms with Gasteiger partial charge in [-0.05, 0) is 63.5 Å². The number of nitrogens with zero attached hydrogens (tertiary/aromatic N) is 2. The van der Waals surface area contributed by atoms with Crippen molar-refractivity contribution in [1.82, 2.24) is 4.57 Å². The third-order valence-corrected chi connectivity index (χ3v) is 6.20. The Bertz CT molecular complexity index is 1100. The lowest BCUT2D eigenvalue weighted by Gasteiger charge is -2.21. The molecule has 7 nitrogen and oxygen atoms in total. The number of aromatic nitrogens is 1. The Labute approximate surface area is 188 Å². The number of anilines is 1. The minimum atomic E-state index is -0.550. The fraction of sp³-hybridized carbons (Fsp3) is 0.440. The highest BCUT2D eigenvalue weighted by molar-refractivity contribution is 6.09. The number of carbonyl (C=O) groups is 1. The molecule has 1 spiro atoms. The van der Waals surface area contributed by atoms with Crippen LogP contribution >= 0.6 is 0 Å². The zero-order chi connectivity index (χ0) is 22.9. The summed E-state index contributed by atoms with van der Waals surface area (Å²) in [5.41, 5.74) is 3.47. The van der Waals surface area contributed by atoms with E-state index in [1.54, 1.807) is 31.4 Å². The molecule has 2 aliphatic rings. The summed E-state index contributed by atoms with van der Waals surface area (Å²) < 4.78 is 19.5. The van der Waals surface area contributed by atoms with E-state index in [1.165, 1.54) is 0 Å². The Balaban J connectivity index is 1.52. The molecule has 1 amide bonds. The van der Waals surface area contributed by atoms with Crippen molar-refractivity contribution in [2.45, 2.75) is 58.3 Å². The highest BCUT2D eigenvalue weighted by Gasteiger charge is 2.44. The minimum absolute atomic E-state index is 0.0366. The molecule has 1 atom stereocenters. The number of methoxy groups -OCH3 is 1. The number of amides is 1. The van der Waals surface area contributed by atoms with Crippen LogP contribution < -0.4 is 14.8 Å². The van der Waals surface area contributed by atoms with Crippen LogP contribution in [-0.2, 0) is 9.53 Å². The number of fused-ring (bicyclic) bond motifs is 1. The van der Waals surface area contributed by atoms with Crippen molar-refractivity contribution in [1.29, 1.82) is 5.26 Å². The predicted octanol–water partition coefficient (Wildman–Crippen LogP) is 4.90.